The summed E-state index contributed by atoms with van der Waals surface area (Å²) in [5, 5.41) is 6.91. The maximum Gasteiger partial charge on any atom is 0.191 e. The van der Waals surface area contributed by atoms with Gasteiger partial charge in [-0.3, -0.25) is 9.89 Å². The highest BCUT2D eigenvalue weighted by Gasteiger charge is 2.24. The number of unbranched alkanes of at least 4 members (excludes halogenated alkanes) is 2. The molecule has 0 aromatic rings. The SMILES string of the molecule is CCCCCNC(=NC)NCC(C(C)C)N1CCCC1.I. The van der Waals surface area contributed by atoms with Crippen LogP contribution in [0, 0.1) is 5.92 Å². The van der Waals surface area contributed by atoms with Crippen LogP contribution in [0.2, 0.25) is 0 Å². The van der Waals surface area contributed by atoms with Gasteiger partial charge >= 0.3 is 0 Å². The van der Waals surface area contributed by atoms with Gasteiger partial charge in [0, 0.05) is 26.2 Å². The molecule has 0 aromatic carbocycles. The smallest absolute Gasteiger partial charge is 0.191 e. The van der Waals surface area contributed by atoms with Gasteiger partial charge < -0.3 is 10.6 Å². The highest BCUT2D eigenvalue weighted by atomic mass is 127. The molecule has 0 saturated carbocycles. The molecular weight excluding hydrogens is 375 g/mol. The minimum atomic E-state index is 0. The van der Waals surface area contributed by atoms with Gasteiger partial charge in [0.25, 0.3) is 0 Å². The van der Waals surface area contributed by atoms with Crippen LogP contribution in [0.3, 0.4) is 0 Å². The van der Waals surface area contributed by atoms with E-state index in [2.05, 4.69) is 41.3 Å². The summed E-state index contributed by atoms with van der Waals surface area (Å²) >= 11 is 0. The second kappa shape index (κ2) is 12.5. The van der Waals surface area contributed by atoms with E-state index in [0.717, 1.165) is 19.0 Å². The average Bonchev–Trinajstić information content (AvgIpc) is 2.95. The molecule has 0 bridgehead atoms. The number of nitrogens with one attached hydrogen (secondary N) is 2. The molecule has 1 unspecified atom stereocenters. The van der Waals surface area contributed by atoms with Crippen LogP contribution in [0.15, 0.2) is 4.99 Å². The van der Waals surface area contributed by atoms with Crippen molar-refractivity contribution in [3.05, 3.63) is 0 Å². The zero-order valence-corrected chi connectivity index (χ0v) is 16.7. The molecule has 0 amide bonds. The number of hydrogen-bond donors (Lipinski definition) is 2. The standard InChI is InChI=1S/C16H34N4.HI/c1-5-6-7-10-18-16(17-4)19-13-15(14(2)3)20-11-8-9-12-20;/h14-15H,5-13H2,1-4H3,(H2,17,18,19);1H. The predicted molar refractivity (Wildman–Crippen MR) is 104 cm³/mol. The molecule has 5 heteroatoms. The average molecular weight is 410 g/mol. The third-order valence-electron chi connectivity index (χ3n) is 4.15. The van der Waals surface area contributed by atoms with Gasteiger partial charge in [0.05, 0.1) is 0 Å². The molecule has 1 aliphatic rings. The van der Waals surface area contributed by atoms with E-state index in [0.29, 0.717) is 12.0 Å². The summed E-state index contributed by atoms with van der Waals surface area (Å²) in [6, 6.07) is 0.617. The van der Waals surface area contributed by atoms with Crippen LogP contribution in [0.5, 0.6) is 0 Å². The number of hydrogen-bond acceptors (Lipinski definition) is 2. The fourth-order valence-corrected chi connectivity index (χ4v) is 2.86. The molecular formula is C16H35IN4. The lowest BCUT2D eigenvalue weighted by atomic mass is 10.0. The molecule has 126 valence electrons. The summed E-state index contributed by atoms with van der Waals surface area (Å²) in [5.41, 5.74) is 0. The zero-order chi connectivity index (χ0) is 14.8. The monoisotopic (exact) mass is 410 g/mol. The van der Waals surface area contributed by atoms with E-state index in [1.54, 1.807) is 0 Å². The Morgan fingerprint density at radius 3 is 2.33 bits per heavy atom. The number of aliphatic imine (C=N–C) groups is 1. The molecule has 0 spiro atoms. The summed E-state index contributed by atoms with van der Waals surface area (Å²) in [4.78, 5) is 6.95. The quantitative estimate of drug-likeness (QED) is 0.280. The molecule has 2 N–H and O–H groups in total. The van der Waals surface area contributed by atoms with Crippen molar-refractivity contribution >= 4 is 29.9 Å². The molecule has 1 rings (SSSR count). The molecule has 4 nitrogen and oxygen atoms in total. The third kappa shape index (κ3) is 8.24. The summed E-state index contributed by atoms with van der Waals surface area (Å²) < 4.78 is 0. The van der Waals surface area contributed by atoms with E-state index in [9.17, 15) is 0 Å². The van der Waals surface area contributed by atoms with Gasteiger partial charge in [0.2, 0.25) is 0 Å². The number of halogens is 1. The Balaban J connectivity index is 0.00000400. The van der Waals surface area contributed by atoms with Gasteiger partial charge in [-0.05, 0) is 38.3 Å². The Morgan fingerprint density at radius 1 is 1.14 bits per heavy atom. The van der Waals surface area contributed by atoms with Crippen LogP contribution >= 0.6 is 24.0 Å². The molecule has 21 heavy (non-hydrogen) atoms. The summed E-state index contributed by atoms with van der Waals surface area (Å²) in [6.07, 6.45) is 6.47. The lowest BCUT2D eigenvalue weighted by molar-refractivity contribution is 0.192. The van der Waals surface area contributed by atoms with E-state index < -0.39 is 0 Å². The van der Waals surface area contributed by atoms with E-state index in [1.165, 1.54) is 45.2 Å². The van der Waals surface area contributed by atoms with Gasteiger partial charge in [-0.1, -0.05) is 33.6 Å². The van der Waals surface area contributed by atoms with Crippen LogP contribution in [-0.2, 0) is 0 Å². The molecule has 0 aromatic heterocycles. The lowest BCUT2D eigenvalue weighted by Crippen LogP contribution is -2.48. The second-order valence-electron chi connectivity index (χ2n) is 6.14. The van der Waals surface area contributed by atoms with E-state index in [4.69, 9.17) is 0 Å². The maximum atomic E-state index is 4.32. The Bertz CT molecular complexity index is 275. The number of nitrogens with zero attached hydrogens (tertiary/aromatic N) is 2. The van der Waals surface area contributed by atoms with Crippen LogP contribution < -0.4 is 10.6 Å². The van der Waals surface area contributed by atoms with Gasteiger partial charge in [-0.25, -0.2) is 0 Å². The van der Waals surface area contributed by atoms with Gasteiger partial charge in [0.1, 0.15) is 0 Å². The molecule has 1 fully saturated rings. The highest BCUT2D eigenvalue weighted by Crippen LogP contribution is 2.16. The van der Waals surface area contributed by atoms with Crippen molar-refractivity contribution < 1.29 is 0 Å². The van der Waals surface area contributed by atoms with Crippen molar-refractivity contribution in [1.29, 1.82) is 0 Å². The first-order chi connectivity index (χ1) is 9.69. The van der Waals surface area contributed by atoms with Crippen molar-refractivity contribution in [2.75, 3.05) is 33.2 Å². The molecule has 1 heterocycles. The molecule has 0 aliphatic carbocycles. The first kappa shape index (κ1) is 21.0. The summed E-state index contributed by atoms with van der Waals surface area (Å²) in [5.74, 6) is 1.63. The fraction of sp³-hybridized carbons (Fsp3) is 0.938. The van der Waals surface area contributed by atoms with Crippen molar-refractivity contribution in [1.82, 2.24) is 15.5 Å². The van der Waals surface area contributed by atoms with Crippen molar-refractivity contribution in [2.24, 2.45) is 10.9 Å². The van der Waals surface area contributed by atoms with Crippen LogP contribution in [0.1, 0.15) is 52.9 Å². The third-order valence-corrected chi connectivity index (χ3v) is 4.15. The van der Waals surface area contributed by atoms with Gasteiger partial charge in [-0.2, -0.15) is 0 Å². The largest absolute Gasteiger partial charge is 0.356 e. The number of guanidine groups is 1. The minimum Gasteiger partial charge on any atom is -0.356 e. The molecule has 0 radical (unpaired) electrons. The normalized spacial score (nSPS) is 17.7. The highest BCUT2D eigenvalue weighted by molar-refractivity contribution is 14.0. The Kier molecular flexibility index (Phi) is 12.5. The van der Waals surface area contributed by atoms with E-state index in [-0.39, 0.29) is 24.0 Å². The fourth-order valence-electron chi connectivity index (χ4n) is 2.86. The Hall–Kier alpha value is -0.0400. The van der Waals surface area contributed by atoms with Crippen LogP contribution in [0.25, 0.3) is 0 Å². The summed E-state index contributed by atoms with van der Waals surface area (Å²) in [6.45, 7) is 11.4. The first-order valence-corrected chi connectivity index (χ1v) is 8.37. The molecule has 1 atom stereocenters. The topological polar surface area (TPSA) is 39.7 Å². The van der Waals surface area contributed by atoms with Crippen molar-refractivity contribution in [3.63, 3.8) is 0 Å². The summed E-state index contributed by atoms with van der Waals surface area (Å²) in [7, 11) is 1.86. The molecule has 1 aliphatic heterocycles. The maximum absolute atomic E-state index is 4.32. The van der Waals surface area contributed by atoms with E-state index >= 15 is 0 Å². The van der Waals surface area contributed by atoms with Crippen molar-refractivity contribution in [2.45, 2.75) is 58.9 Å². The lowest BCUT2D eigenvalue weighted by Gasteiger charge is -2.31. The van der Waals surface area contributed by atoms with Crippen LogP contribution in [0.4, 0.5) is 0 Å². The zero-order valence-electron chi connectivity index (χ0n) is 14.3. The van der Waals surface area contributed by atoms with E-state index in [1.807, 2.05) is 7.05 Å². The van der Waals surface area contributed by atoms with Crippen LogP contribution in [-0.4, -0.2) is 50.1 Å². The number of likely N-dealkylation sites (tertiary alicyclic amines) is 1. The van der Waals surface area contributed by atoms with Crippen molar-refractivity contribution in [3.8, 4) is 0 Å². The number of rotatable bonds is 8. The predicted octanol–water partition coefficient (Wildman–Crippen LogP) is 3.08. The first-order valence-electron chi connectivity index (χ1n) is 8.37. The minimum absolute atomic E-state index is 0. The Labute approximate surface area is 148 Å². The van der Waals surface area contributed by atoms with Gasteiger partial charge in [0.15, 0.2) is 5.96 Å². The Morgan fingerprint density at radius 2 is 1.81 bits per heavy atom. The molecule has 1 saturated heterocycles. The van der Waals surface area contributed by atoms with Gasteiger partial charge in [-0.15, -0.1) is 24.0 Å². The second-order valence-corrected chi connectivity index (χ2v) is 6.14.